The Labute approximate surface area is 217 Å². The van der Waals surface area contributed by atoms with Crippen LogP contribution < -0.4 is 10.2 Å². The summed E-state index contributed by atoms with van der Waals surface area (Å²) in [4.78, 5) is 30.1. The molecule has 176 valence electrons. The van der Waals surface area contributed by atoms with Crippen LogP contribution in [0.2, 0.25) is 0 Å². The molecule has 5 rings (SSSR count). The average Bonchev–Trinajstić information content (AvgIpc) is 3.24. The van der Waals surface area contributed by atoms with Crippen LogP contribution >= 0.6 is 32.9 Å². The highest BCUT2D eigenvalue weighted by Crippen LogP contribution is 2.53. The van der Waals surface area contributed by atoms with Gasteiger partial charge in [-0.1, -0.05) is 63.2 Å². The van der Waals surface area contributed by atoms with E-state index in [-0.39, 0.29) is 11.8 Å². The van der Waals surface area contributed by atoms with Gasteiger partial charge in [-0.3, -0.25) is 14.5 Å². The summed E-state index contributed by atoms with van der Waals surface area (Å²) in [6.45, 7) is 8.25. The second-order valence-electron chi connectivity index (χ2n) is 9.18. The molecule has 4 nitrogen and oxygen atoms in total. The second-order valence-corrected chi connectivity index (χ2v) is 12.0. The highest BCUT2D eigenvalue weighted by Gasteiger charge is 2.43. The quantitative estimate of drug-likeness (QED) is 0.222. The molecular formula is C28H24N2O2S3. The van der Waals surface area contributed by atoms with Crippen molar-refractivity contribution in [3.05, 3.63) is 97.7 Å². The first-order chi connectivity index (χ1) is 16.7. The molecule has 1 N–H and O–H groups in total. The van der Waals surface area contributed by atoms with Crippen LogP contribution in [0.15, 0.2) is 66.7 Å². The molecular weight excluding hydrogens is 493 g/mol. The van der Waals surface area contributed by atoms with E-state index in [4.69, 9.17) is 12.2 Å². The summed E-state index contributed by atoms with van der Waals surface area (Å²) in [5, 5.41) is 2.94. The van der Waals surface area contributed by atoms with Crippen molar-refractivity contribution >= 4 is 56.1 Å². The topological polar surface area (TPSA) is 49.4 Å². The number of nitrogens with one attached hydrogen (secondary N) is 1. The molecule has 7 heteroatoms. The van der Waals surface area contributed by atoms with Crippen molar-refractivity contribution in [1.29, 1.82) is 0 Å². The molecule has 2 heterocycles. The van der Waals surface area contributed by atoms with Crippen LogP contribution in [0.5, 0.6) is 0 Å². The Morgan fingerprint density at radius 1 is 0.914 bits per heavy atom. The normalized spacial score (nSPS) is 13.7. The maximum absolute atomic E-state index is 14.3. The van der Waals surface area contributed by atoms with Gasteiger partial charge in [0.2, 0.25) is 0 Å². The van der Waals surface area contributed by atoms with E-state index in [1.807, 2.05) is 35.2 Å². The van der Waals surface area contributed by atoms with Gasteiger partial charge in [-0.25, -0.2) is 0 Å². The molecule has 1 aromatic heterocycles. The lowest BCUT2D eigenvalue weighted by Crippen LogP contribution is -2.48. The van der Waals surface area contributed by atoms with Crippen LogP contribution in [0.1, 0.15) is 50.6 Å². The summed E-state index contributed by atoms with van der Waals surface area (Å²) < 4.78 is 0.852. The van der Waals surface area contributed by atoms with Gasteiger partial charge in [0.1, 0.15) is 3.82 Å². The number of fused-ring (bicyclic) bond motifs is 3. The second kappa shape index (κ2) is 8.82. The largest absolute Gasteiger partial charge is 0.321 e. The van der Waals surface area contributed by atoms with Crippen molar-refractivity contribution in [3.8, 4) is 11.1 Å². The third-order valence-corrected chi connectivity index (χ3v) is 9.84. The predicted molar refractivity (Wildman–Crippen MR) is 149 cm³/mol. The fourth-order valence-corrected chi connectivity index (χ4v) is 7.81. The Morgan fingerprint density at radius 2 is 1.57 bits per heavy atom. The third-order valence-electron chi connectivity index (χ3n) is 6.51. The lowest BCUT2D eigenvalue weighted by atomic mass is 9.85. The molecule has 0 bridgehead atoms. The summed E-state index contributed by atoms with van der Waals surface area (Å²) in [7, 11) is 3.21. The number of carbonyl (C=O) groups excluding carboxylic acids is 2. The van der Waals surface area contributed by atoms with Crippen LogP contribution in [-0.4, -0.2) is 11.8 Å². The summed E-state index contributed by atoms with van der Waals surface area (Å²) in [5.74, 6) is -0.424. The van der Waals surface area contributed by atoms with Crippen molar-refractivity contribution in [2.75, 3.05) is 10.2 Å². The standard InChI is InChI=1S/C28H24N2O2S3/c1-16-14-20-22(15-17(16)2)30(28(3,4)24-23(20)27(33)35-34-24)26(32)19-12-8-9-13-21(19)29-25(31)18-10-6-5-7-11-18/h5-15H,1-4H3,(H,29,31). The number of hydrogen-bond donors (Lipinski definition) is 1. The Balaban J connectivity index is 1.64. The van der Waals surface area contributed by atoms with E-state index in [9.17, 15) is 9.59 Å². The first-order valence-electron chi connectivity index (χ1n) is 11.3. The lowest BCUT2D eigenvalue weighted by Gasteiger charge is -2.43. The number of aryl methyl sites for hydroxylation is 2. The van der Waals surface area contributed by atoms with Gasteiger partial charge in [-0.2, -0.15) is 0 Å². The predicted octanol–water partition coefficient (Wildman–Crippen LogP) is 7.97. The van der Waals surface area contributed by atoms with Gasteiger partial charge in [0, 0.05) is 16.7 Å². The minimum absolute atomic E-state index is 0.168. The van der Waals surface area contributed by atoms with Crippen molar-refractivity contribution < 1.29 is 9.59 Å². The molecule has 1 aliphatic rings. The molecule has 0 radical (unpaired) electrons. The molecule has 0 fully saturated rings. The van der Waals surface area contributed by atoms with E-state index in [2.05, 4.69) is 45.1 Å². The van der Waals surface area contributed by atoms with E-state index in [1.54, 1.807) is 44.9 Å². The molecule has 0 unspecified atom stereocenters. The zero-order valence-corrected chi connectivity index (χ0v) is 22.3. The number of nitrogens with zero attached hydrogens (tertiary/aromatic N) is 1. The SMILES string of the molecule is Cc1cc2c(cc1C)N(C(=O)c1ccccc1NC(=O)c1ccccc1)C(C)(C)c1ssc(=S)c1-2. The zero-order valence-electron chi connectivity index (χ0n) is 19.8. The van der Waals surface area contributed by atoms with Gasteiger partial charge in [0.25, 0.3) is 11.8 Å². The molecule has 1 aliphatic heterocycles. The molecule has 3 aromatic carbocycles. The monoisotopic (exact) mass is 516 g/mol. The Morgan fingerprint density at radius 3 is 2.31 bits per heavy atom. The third kappa shape index (κ3) is 3.93. The maximum Gasteiger partial charge on any atom is 0.261 e. The molecule has 2 amide bonds. The number of benzene rings is 3. The van der Waals surface area contributed by atoms with E-state index in [0.717, 1.165) is 36.6 Å². The maximum atomic E-state index is 14.3. The average molecular weight is 517 g/mol. The summed E-state index contributed by atoms with van der Waals surface area (Å²) >= 11 is 5.72. The minimum Gasteiger partial charge on any atom is -0.321 e. The van der Waals surface area contributed by atoms with Crippen LogP contribution in [0.4, 0.5) is 11.4 Å². The first kappa shape index (κ1) is 23.6. The Hall–Kier alpha value is -3.13. The number of carbonyl (C=O) groups is 2. The Kier molecular flexibility index (Phi) is 5.95. The minimum atomic E-state index is -0.615. The smallest absolute Gasteiger partial charge is 0.261 e. The summed E-state index contributed by atoms with van der Waals surface area (Å²) in [5.41, 5.74) is 6.00. The van der Waals surface area contributed by atoms with Crippen LogP contribution in [0, 0.1) is 17.7 Å². The lowest BCUT2D eigenvalue weighted by molar-refractivity contribution is 0.0962. The number of para-hydroxylation sites is 1. The van der Waals surface area contributed by atoms with Crippen LogP contribution in [0.3, 0.4) is 0 Å². The fraction of sp³-hybridized carbons (Fsp3) is 0.179. The van der Waals surface area contributed by atoms with Crippen LogP contribution in [0.25, 0.3) is 11.1 Å². The molecule has 0 saturated heterocycles. The van der Waals surface area contributed by atoms with Crippen molar-refractivity contribution in [2.24, 2.45) is 0 Å². The van der Waals surface area contributed by atoms with E-state index < -0.39 is 5.54 Å². The Bertz CT molecular complexity index is 1530. The van der Waals surface area contributed by atoms with Gasteiger partial charge < -0.3 is 5.32 Å². The number of anilines is 2. The van der Waals surface area contributed by atoms with Gasteiger partial charge in [0.15, 0.2) is 0 Å². The highest BCUT2D eigenvalue weighted by molar-refractivity contribution is 7.80. The van der Waals surface area contributed by atoms with Crippen molar-refractivity contribution in [3.63, 3.8) is 0 Å². The van der Waals surface area contributed by atoms with Gasteiger partial charge in [-0.05, 0) is 75.2 Å². The molecule has 0 atom stereocenters. The van der Waals surface area contributed by atoms with Gasteiger partial charge >= 0.3 is 0 Å². The molecule has 4 aromatic rings. The van der Waals surface area contributed by atoms with E-state index in [0.29, 0.717) is 16.8 Å². The molecule has 0 aliphatic carbocycles. The van der Waals surface area contributed by atoms with Gasteiger partial charge in [-0.15, -0.1) is 0 Å². The first-order valence-corrected chi connectivity index (χ1v) is 13.8. The van der Waals surface area contributed by atoms with Gasteiger partial charge in [0.05, 0.1) is 27.4 Å². The van der Waals surface area contributed by atoms with Crippen molar-refractivity contribution in [1.82, 2.24) is 0 Å². The van der Waals surface area contributed by atoms with E-state index >= 15 is 0 Å². The molecule has 35 heavy (non-hydrogen) atoms. The number of rotatable bonds is 3. The zero-order chi connectivity index (χ0) is 24.9. The molecule has 0 spiro atoms. The highest BCUT2D eigenvalue weighted by atomic mass is 32.9. The number of amides is 2. The number of hydrogen-bond acceptors (Lipinski definition) is 5. The summed E-state index contributed by atoms with van der Waals surface area (Å²) in [6.07, 6.45) is 0. The van der Waals surface area contributed by atoms with Crippen LogP contribution in [-0.2, 0) is 5.54 Å². The van der Waals surface area contributed by atoms with Crippen molar-refractivity contribution in [2.45, 2.75) is 33.2 Å². The van der Waals surface area contributed by atoms with E-state index in [1.165, 1.54) is 0 Å². The molecule has 0 saturated carbocycles. The summed E-state index contributed by atoms with van der Waals surface area (Å²) in [6, 6.07) is 20.4. The fourth-order valence-electron chi connectivity index (χ4n) is 4.53.